The zero-order chi connectivity index (χ0) is 19.2. The number of amides is 2. The van der Waals surface area contributed by atoms with Crippen molar-refractivity contribution in [2.24, 2.45) is 5.92 Å². The number of nitrogens with one attached hydrogen (secondary N) is 1. The van der Waals surface area contributed by atoms with Crippen molar-refractivity contribution in [3.05, 3.63) is 59.1 Å². The quantitative estimate of drug-likeness (QED) is 0.776. The van der Waals surface area contributed by atoms with Gasteiger partial charge in [0.15, 0.2) is 6.10 Å². The Morgan fingerprint density at radius 2 is 1.85 bits per heavy atom. The number of hydrogen-bond acceptors (Lipinski definition) is 3. The lowest BCUT2D eigenvalue weighted by Crippen LogP contribution is -2.48. The van der Waals surface area contributed by atoms with Gasteiger partial charge < -0.3 is 15.0 Å². The van der Waals surface area contributed by atoms with E-state index in [4.69, 9.17) is 4.74 Å². The number of likely N-dealkylation sites (tertiary alicyclic amines) is 1. The third kappa shape index (κ3) is 5.32. The monoisotopic (exact) mass is 430 g/mol. The van der Waals surface area contributed by atoms with Gasteiger partial charge in [-0.25, -0.2) is 0 Å². The van der Waals surface area contributed by atoms with Gasteiger partial charge in [-0.1, -0.05) is 34.1 Å². The lowest BCUT2D eigenvalue weighted by Gasteiger charge is -2.33. The fourth-order valence-corrected chi connectivity index (χ4v) is 3.45. The molecule has 0 unspecified atom stereocenters. The molecule has 0 spiro atoms. The number of para-hydroxylation sites is 1. The number of rotatable bonds is 5. The van der Waals surface area contributed by atoms with Crippen LogP contribution in [0, 0.1) is 5.92 Å². The molecule has 3 rings (SSSR count). The molecule has 1 heterocycles. The van der Waals surface area contributed by atoms with E-state index in [2.05, 4.69) is 21.2 Å². The number of benzene rings is 2. The average molecular weight is 431 g/mol. The molecule has 1 fully saturated rings. The lowest BCUT2D eigenvalue weighted by atomic mass is 9.96. The predicted octanol–water partition coefficient (Wildman–Crippen LogP) is 4.09. The Morgan fingerprint density at radius 3 is 2.56 bits per heavy atom. The molecule has 1 aliphatic rings. The number of ether oxygens (including phenoxy) is 1. The normalized spacial score (nSPS) is 17.9. The highest BCUT2D eigenvalue weighted by Gasteiger charge is 2.31. The van der Waals surface area contributed by atoms with Gasteiger partial charge in [-0.15, -0.1) is 0 Å². The van der Waals surface area contributed by atoms with Crippen LogP contribution in [-0.2, 0) is 9.59 Å². The zero-order valence-electron chi connectivity index (χ0n) is 15.2. The van der Waals surface area contributed by atoms with Crippen LogP contribution >= 0.6 is 15.9 Å². The Balaban J connectivity index is 1.57. The fraction of sp³-hybridized carbons (Fsp3) is 0.333. The molecule has 0 aliphatic carbocycles. The molecule has 1 N–H and O–H groups in total. The number of anilines is 1. The molecule has 0 saturated carbocycles. The molecule has 0 radical (unpaired) electrons. The molecule has 2 aromatic carbocycles. The molecule has 2 aromatic rings. The molecule has 1 aliphatic heterocycles. The number of carbonyl (C=O) groups is 2. The molecular weight excluding hydrogens is 408 g/mol. The second kappa shape index (κ2) is 9.04. The van der Waals surface area contributed by atoms with Gasteiger partial charge in [0.1, 0.15) is 5.75 Å². The van der Waals surface area contributed by atoms with Gasteiger partial charge >= 0.3 is 0 Å². The van der Waals surface area contributed by atoms with Crippen molar-refractivity contribution in [1.29, 1.82) is 0 Å². The van der Waals surface area contributed by atoms with Gasteiger partial charge in [0.25, 0.3) is 5.91 Å². The largest absolute Gasteiger partial charge is 0.481 e. The number of carbonyl (C=O) groups excluding carboxylic acids is 2. The Morgan fingerprint density at radius 1 is 1.15 bits per heavy atom. The van der Waals surface area contributed by atoms with E-state index in [1.54, 1.807) is 11.8 Å². The topological polar surface area (TPSA) is 58.6 Å². The van der Waals surface area contributed by atoms with Crippen molar-refractivity contribution in [3.8, 4) is 5.75 Å². The summed E-state index contributed by atoms with van der Waals surface area (Å²) in [7, 11) is 0. The molecule has 5 nitrogen and oxygen atoms in total. The van der Waals surface area contributed by atoms with Gasteiger partial charge in [0.05, 0.1) is 5.92 Å². The highest BCUT2D eigenvalue weighted by molar-refractivity contribution is 9.10. The minimum Gasteiger partial charge on any atom is -0.481 e. The first-order chi connectivity index (χ1) is 13.0. The van der Waals surface area contributed by atoms with Crippen molar-refractivity contribution >= 4 is 33.4 Å². The van der Waals surface area contributed by atoms with E-state index in [1.165, 1.54) is 0 Å². The van der Waals surface area contributed by atoms with Gasteiger partial charge in [0.2, 0.25) is 5.91 Å². The standard InChI is InChI=1S/C21H23BrN2O3/c1-15(27-19-11-9-17(22)10-12-19)21(26)24-13-5-6-16(14-24)20(25)23-18-7-3-2-4-8-18/h2-4,7-12,15-16H,5-6,13-14H2,1H3,(H,23,25)/t15-,16+/m1/s1. The zero-order valence-corrected chi connectivity index (χ0v) is 16.8. The minimum atomic E-state index is -0.595. The van der Waals surface area contributed by atoms with Crippen LogP contribution in [-0.4, -0.2) is 35.9 Å². The van der Waals surface area contributed by atoms with Gasteiger partial charge in [-0.2, -0.15) is 0 Å². The highest BCUT2D eigenvalue weighted by atomic mass is 79.9. The first-order valence-corrected chi connectivity index (χ1v) is 9.89. The summed E-state index contributed by atoms with van der Waals surface area (Å²) in [6.07, 6.45) is 0.996. The summed E-state index contributed by atoms with van der Waals surface area (Å²) < 4.78 is 6.72. The van der Waals surface area contributed by atoms with Crippen molar-refractivity contribution in [1.82, 2.24) is 4.90 Å². The molecule has 0 bridgehead atoms. The summed E-state index contributed by atoms with van der Waals surface area (Å²) in [6.45, 7) is 2.82. The van der Waals surface area contributed by atoms with Crippen molar-refractivity contribution < 1.29 is 14.3 Å². The van der Waals surface area contributed by atoms with E-state index in [-0.39, 0.29) is 17.7 Å². The molecule has 1 saturated heterocycles. The minimum absolute atomic E-state index is 0.0415. The van der Waals surface area contributed by atoms with Crippen molar-refractivity contribution in [3.63, 3.8) is 0 Å². The molecule has 2 atom stereocenters. The van der Waals surface area contributed by atoms with Gasteiger partial charge in [-0.3, -0.25) is 9.59 Å². The predicted molar refractivity (Wildman–Crippen MR) is 109 cm³/mol. The summed E-state index contributed by atoms with van der Waals surface area (Å²) in [4.78, 5) is 27.0. The van der Waals surface area contributed by atoms with E-state index >= 15 is 0 Å². The van der Waals surface area contributed by atoms with E-state index in [0.29, 0.717) is 18.8 Å². The third-order valence-electron chi connectivity index (χ3n) is 4.62. The summed E-state index contributed by atoms with van der Waals surface area (Å²) in [5.41, 5.74) is 0.776. The second-order valence-corrected chi connectivity index (χ2v) is 7.61. The van der Waals surface area contributed by atoms with Crippen LogP contribution in [0.1, 0.15) is 19.8 Å². The third-order valence-corrected chi connectivity index (χ3v) is 5.15. The Labute approximate surface area is 167 Å². The molecular formula is C21H23BrN2O3. The van der Waals surface area contributed by atoms with Gasteiger partial charge in [0, 0.05) is 23.2 Å². The summed E-state index contributed by atoms with van der Waals surface area (Å²) in [5, 5.41) is 2.93. The number of piperidine rings is 1. The fourth-order valence-electron chi connectivity index (χ4n) is 3.18. The van der Waals surface area contributed by atoms with Crippen molar-refractivity contribution in [2.75, 3.05) is 18.4 Å². The average Bonchev–Trinajstić information content (AvgIpc) is 2.70. The number of halogens is 1. The molecule has 142 valence electrons. The first kappa shape index (κ1) is 19.4. The Hall–Kier alpha value is -2.34. The van der Waals surface area contributed by atoms with E-state index in [9.17, 15) is 9.59 Å². The second-order valence-electron chi connectivity index (χ2n) is 6.69. The molecule has 2 amide bonds. The SMILES string of the molecule is C[C@@H](Oc1ccc(Br)cc1)C(=O)N1CCC[C@H](C(=O)Nc2ccccc2)C1. The summed E-state index contributed by atoms with van der Waals surface area (Å²) in [6, 6.07) is 16.8. The van der Waals surface area contributed by atoms with Crippen LogP contribution in [0.4, 0.5) is 5.69 Å². The van der Waals surface area contributed by atoms with Gasteiger partial charge in [-0.05, 0) is 56.2 Å². The molecule has 6 heteroatoms. The maximum Gasteiger partial charge on any atom is 0.263 e. The van der Waals surface area contributed by atoms with Crippen LogP contribution in [0.2, 0.25) is 0 Å². The summed E-state index contributed by atoms with van der Waals surface area (Å²) in [5.74, 6) is 0.313. The van der Waals surface area contributed by atoms with Crippen molar-refractivity contribution in [2.45, 2.75) is 25.9 Å². The Bertz CT molecular complexity index is 780. The molecule has 27 heavy (non-hydrogen) atoms. The van der Waals surface area contributed by atoms with Crippen LogP contribution in [0.15, 0.2) is 59.1 Å². The van der Waals surface area contributed by atoms with Crippen LogP contribution in [0.3, 0.4) is 0 Å². The maximum absolute atomic E-state index is 12.8. The van der Waals surface area contributed by atoms with Crippen LogP contribution in [0.5, 0.6) is 5.75 Å². The highest BCUT2D eigenvalue weighted by Crippen LogP contribution is 2.21. The number of hydrogen-bond donors (Lipinski definition) is 1. The van der Waals surface area contributed by atoms with Crippen LogP contribution < -0.4 is 10.1 Å². The summed E-state index contributed by atoms with van der Waals surface area (Å²) >= 11 is 3.38. The van der Waals surface area contributed by atoms with E-state index in [0.717, 1.165) is 23.0 Å². The van der Waals surface area contributed by atoms with E-state index < -0.39 is 6.10 Å². The lowest BCUT2D eigenvalue weighted by molar-refractivity contribution is -0.140. The smallest absolute Gasteiger partial charge is 0.263 e. The maximum atomic E-state index is 12.8. The first-order valence-electron chi connectivity index (χ1n) is 9.10. The molecule has 0 aromatic heterocycles. The van der Waals surface area contributed by atoms with Crippen LogP contribution in [0.25, 0.3) is 0 Å². The number of nitrogens with zero attached hydrogens (tertiary/aromatic N) is 1. The Kier molecular flexibility index (Phi) is 6.50. The van der Waals surface area contributed by atoms with E-state index in [1.807, 2.05) is 54.6 Å².